The van der Waals surface area contributed by atoms with Gasteiger partial charge in [-0.3, -0.25) is 4.68 Å². The highest BCUT2D eigenvalue weighted by molar-refractivity contribution is 5.83. The van der Waals surface area contributed by atoms with Crippen molar-refractivity contribution in [2.45, 2.75) is 19.5 Å². The number of hydrogen-bond acceptors (Lipinski definition) is 6. The van der Waals surface area contributed by atoms with Gasteiger partial charge in [-0.25, -0.2) is 4.98 Å². The molecule has 0 fully saturated rings. The van der Waals surface area contributed by atoms with Gasteiger partial charge in [0.25, 0.3) is 0 Å². The van der Waals surface area contributed by atoms with E-state index in [9.17, 15) is 0 Å². The van der Waals surface area contributed by atoms with Crippen LogP contribution in [0.1, 0.15) is 6.92 Å². The van der Waals surface area contributed by atoms with Crippen molar-refractivity contribution in [1.82, 2.24) is 29.7 Å². The Balaban J connectivity index is 1.82. The molecule has 0 saturated carbocycles. The minimum absolute atomic E-state index is 0.140. The molecule has 0 radical (unpaired) electrons. The van der Waals surface area contributed by atoms with Gasteiger partial charge in [0.1, 0.15) is 5.52 Å². The van der Waals surface area contributed by atoms with Gasteiger partial charge in [-0.15, -0.1) is 0 Å². The summed E-state index contributed by atoms with van der Waals surface area (Å²) in [5, 5.41) is 7.45. The van der Waals surface area contributed by atoms with Gasteiger partial charge in [0.2, 0.25) is 5.95 Å². The molecule has 4 N–H and O–H groups in total. The second-order valence-electron chi connectivity index (χ2n) is 4.31. The summed E-state index contributed by atoms with van der Waals surface area (Å²) >= 11 is 0. The third kappa shape index (κ3) is 2.32. The van der Waals surface area contributed by atoms with Gasteiger partial charge >= 0.3 is 0 Å². The second kappa shape index (κ2) is 4.56. The summed E-state index contributed by atoms with van der Waals surface area (Å²) in [6, 6.07) is 2.03. The molecule has 0 amide bonds. The van der Waals surface area contributed by atoms with E-state index in [-0.39, 0.29) is 12.0 Å². The second-order valence-corrected chi connectivity index (χ2v) is 4.31. The van der Waals surface area contributed by atoms with E-state index in [4.69, 9.17) is 5.73 Å². The van der Waals surface area contributed by atoms with Crippen LogP contribution >= 0.6 is 0 Å². The van der Waals surface area contributed by atoms with E-state index in [1.165, 1.54) is 0 Å². The molecule has 0 bridgehead atoms. The van der Waals surface area contributed by atoms with Gasteiger partial charge in [-0.05, 0) is 13.0 Å². The smallest absolute Gasteiger partial charge is 0.224 e. The summed E-state index contributed by atoms with van der Waals surface area (Å²) in [6.45, 7) is 2.77. The van der Waals surface area contributed by atoms with Crippen LogP contribution in [0.4, 0.5) is 11.8 Å². The summed E-state index contributed by atoms with van der Waals surface area (Å²) < 4.78 is 1.85. The first-order valence-corrected chi connectivity index (χ1v) is 5.93. The van der Waals surface area contributed by atoms with Gasteiger partial charge in [0.05, 0.1) is 12.9 Å². The fourth-order valence-corrected chi connectivity index (χ4v) is 1.92. The third-order valence-electron chi connectivity index (χ3n) is 2.71. The molecule has 0 spiro atoms. The molecular weight excluding hydrogens is 244 g/mol. The molecule has 1 unspecified atom stereocenters. The van der Waals surface area contributed by atoms with Crippen LogP contribution in [-0.2, 0) is 6.54 Å². The van der Waals surface area contributed by atoms with Gasteiger partial charge in [0, 0.05) is 18.4 Å². The molecule has 3 heterocycles. The molecule has 0 aliphatic rings. The van der Waals surface area contributed by atoms with Crippen molar-refractivity contribution < 1.29 is 0 Å². The van der Waals surface area contributed by atoms with E-state index in [0.717, 1.165) is 12.1 Å². The maximum atomic E-state index is 5.66. The third-order valence-corrected chi connectivity index (χ3v) is 2.71. The number of hydrogen-bond donors (Lipinski definition) is 3. The average molecular weight is 258 g/mol. The zero-order chi connectivity index (χ0) is 13.2. The van der Waals surface area contributed by atoms with Crippen molar-refractivity contribution in [3.8, 4) is 0 Å². The van der Waals surface area contributed by atoms with Crippen molar-refractivity contribution in [1.29, 1.82) is 0 Å². The Bertz CT molecular complexity index is 671. The fraction of sp³-hybridized carbons (Fsp3) is 0.273. The largest absolute Gasteiger partial charge is 0.368 e. The number of anilines is 2. The number of nitrogens with two attached hydrogens (primary N) is 1. The van der Waals surface area contributed by atoms with Crippen LogP contribution in [0.5, 0.6) is 0 Å². The Kier molecular flexibility index (Phi) is 2.75. The molecule has 3 aromatic heterocycles. The topological polar surface area (TPSA) is 110 Å². The molecular formula is C11H14N8. The summed E-state index contributed by atoms with van der Waals surface area (Å²) in [7, 11) is 0. The first kappa shape index (κ1) is 11.5. The Morgan fingerprint density at radius 1 is 1.47 bits per heavy atom. The van der Waals surface area contributed by atoms with Crippen LogP contribution in [0.3, 0.4) is 0 Å². The number of imidazole rings is 1. The SMILES string of the molecule is CC(Cn1cccn1)Nc1nc(N)nc2nc[nH]c12. The quantitative estimate of drug-likeness (QED) is 0.633. The lowest BCUT2D eigenvalue weighted by Crippen LogP contribution is -2.23. The molecule has 0 saturated heterocycles. The summed E-state index contributed by atoms with van der Waals surface area (Å²) in [6.07, 6.45) is 5.24. The Morgan fingerprint density at radius 2 is 2.37 bits per heavy atom. The van der Waals surface area contributed by atoms with E-state index in [1.54, 1.807) is 12.5 Å². The molecule has 8 heteroatoms. The lowest BCUT2D eigenvalue weighted by Gasteiger charge is -2.15. The minimum atomic E-state index is 0.140. The number of H-pyrrole nitrogens is 1. The van der Waals surface area contributed by atoms with Crippen molar-refractivity contribution in [2.75, 3.05) is 11.1 Å². The van der Waals surface area contributed by atoms with E-state index in [1.807, 2.05) is 23.9 Å². The number of rotatable bonds is 4. The van der Waals surface area contributed by atoms with Crippen LogP contribution in [0.2, 0.25) is 0 Å². The van der Waals surface area contributed by atoms with Crippen molar-refractivity contribution in [3.63, 3.8) is 0 Å². The average Bonchev–Trinajstić information content (AvgIpc) is 2.99. The van der Waals surface area contributed by atoms with Crippen molar-refractivity contribution in [3.05, 3.63) is 24.8 Å². The highest BCUT2D eigenvalue weighted by Gasteiger charge is 2.11. The van der Waals surface area contributed by atoms with Crippen LogP contribution < -0.4 is 11.1 Å². The van der Waals surface area contributed by atoms with E-state index >= 15 is 0 Å². The van der Waals surface area contributed by atoms with Crippen LogP contribution in [-0.4, -0.2) is 35.8 Å². The molecule has 3 rings (SSSR count). The molecule has 3 aromatic rings. The zero-order valence-corrected chi connectivity index (χ0v) is 10.4. The molecule has 0 aliphatic heterocycles. The Morgan fingerprint density at radius 3 is 3.16 bits per heavy atom. The highest BCUT2D eigenvalue weighted by Crippen LogP contribution is 2.18. The maximum absolute atomic E-state index is 5.66. The van der Waals surface area contributed by atoms with Gasteiger partial charge < -0.3 is 16.0 Å². The van der Waals surface area contributed by atoms with Crippen molar-refractivity contribution in [2.24, 2.45) is 0 Å². The Hall–Kier alpha value is -2.64. The number of nitrogens with one attached hydrogen (secondary N) is 2. The fourth-order valence-electron chi connectivity index (χ4n) is 1.92. The first-order chi connectivity index (χ1) is 9.22. The predicted octanol–water partition coefficient (Wildman–Crippen LogP) is 0.632. The van der Waals surface area contributed by atoms with E-state index < -0.39 is 0 Å². The van der Waals surface area contributed by atoms with Crippen molar-refractivity contribution >= 4 is 22.9 Å². The maximum Gasteiger partial charge on any atom is 0.224 e. The van der Waals surface area contributed by atoms with Gasteiger partial charge in [-0.1, -0.05) is 0 Å². The highest BCUT2D eigenvalue weighted by atomic mass is 15.3. The van der Waals surface area contributed by atoms with Gasteiger partial charge in [-0.2, -0.15) is 15.1 Å². The molecule has 98 valence electrons. The number of nitrogens with zero attached hydrogens (tertiary/aromatic N) is 5. The van der Waals surface area contributed by atoms with E-state index in [0.29, 0.717) is 11.5 Å². The number of fused-ring (bicyclic) bond motifs is 1. The molecule has 19 heavy (non-hydrogen) atoms. The molecule has 0 aromatic carbocycles. The normalized spacial score (nSPS) is 12.7. The van der Waals surface area contributed by atoms with Crippen LogP contribution in [0.15, 0.2) is 24.8 Å². The van der Waals surface area contributed by atoms with Gasteiger partial charge in [0.15, 0.2) is 11.5 Å². The molecule has 8 nitrogen and oxygen atoms in total. The number of nitrogen functional groups attached to an aromatic ring is 1. The minimum Gasteiger partial charge on any atom is -0.368 e. The summed E-state index contributed by atoms with van der Waals surface area (Å²) in [5.41, 5.74) is 6.97. The van der Waals surface area contributed by atoms with E-state index in [2.05, 4.69) is 30.4 Å². The lowest BCUT2D eigenvalue weighted by molar-refractivity contribution is 0.560. The molecule has 0 aliphatic carbocycles. The first-order valence-electron chi connectivity index (χ1n) is 5.93. The number of aromatic amines is 1. The summed E-state index contributed by atoms with van der Waals surface area (Å²) in [4.78, 5) is 15.3. The lowest BCUT2D eigenvalue weighted by atomic mass is 10.3. The standard InChI is InChI=1S/C11H14N8/c1-7(5-19-4-2-3-15-19)16-10-8-9(14-6-13-8)17-11(12)18-10/h2-4,6-7H,5H2,1H3,(H4,12,13,14,16,17,18). The molecule has 1 atom stereocenters. The monoisotopic (exact) mass is 258 g/mol. The predicted molar refractivity (Wildman–Crippen MR) is 71.4 cm³/mol. The Labute approximate surface area is 109 Å². The van der Waals surface area contributed by atoms with Crippen LogP contribution in [0.25, 0.3) is 11.2 Å². The van der Waals surface area contributed by atoms with Crippen LogP contribution in [0, 0.1) is 0 Å². The summed E-state index contributed by atoms with van der Waals surface area (Å²) in [5.74, 6) is 0.855. The number of aromatic nitrogens is 6. The zero-order valence-electron chi connectivity index (χ0n) is 10.4.